The van der Waals surface area contributed by atoms with Crippen molar-refractivity contribution in [3.8, 4) is 0 Å². The minimum atomic E-state index is -4.76. The summed E-state index contributed by atoms with van der Waals surface area (Å²) in [6.45, 7) is 3.13. The van der Waals surface area contributed by atoms with Crippen LogP contribution >= 0.6 is 0 Å². The van der Waals surface area contributed by atoms with Crippen LogP contribution in [0.25, 0.3) is 0 Å². The number of rotatable bonds is 4. The molecule has 1 unspecified atom stereocenters. The molecule has 134 valence electrons. The van der Waals surface area contributed by atoms with Crippen LogP contribution in [0.4, 0.5) is 5.69 Å². The van der Waals surface area contributed by atoms with E-state index in [-0.39, 0.29) is 10.3 Å². The van der Waals surface area contributed by atoms with Crippen molar-refractivity contribution in [1.29, 1.82) is 0 Å². The summed E-state index contributed by atoms with van der Waals surface area (Å²) in [5.41, 5.74) is 1.68. The van der Waals surface area contributed by atoms with E-state index in [4.69, 9.17) is 14.5 Å². The van der Waals surface area contributed by atoms with E-state index in [9.17, 15) is 13.3 Å². The van der Waals surface area contributed by atoms with E-state index >= 15 is 0 Å². The molecule has 2 aromatic rings. The molecule has 1 atom stereocenters. The molecule has 25 heavy (non-hydrogen) atoms. The number of hydrogen-bond acceptors (Lipinski definition) is 5. The van der Waals surface area contributed by atoms with Gasteiger partial charge in [-0.3, -0.25) is 0 Å². The van der Waals surface area contributed by atoms with Gasteiger partial charge >= 0.3 is 94.4 Å². The van der Waals surface area contributed by atoms with E-state index in [1.54, 1.807) is 25.1 Å². The molecule has 0 aliphatic carbocycles. The van der Waals surface area contributed by atoms with Crippen molar-refractivity contribution >= 4 is 36.1 Å². The zero-order chi connectivity index (χ0) is 19.0. The molecular weight excluding hydrogens is 393 g/mol. The van der Waals surface area contributed by atoms with Gasteiger partial charge in [-0.05, 0) is 18.6 Å². The van der Waals surface area contributed by atoms with Crippen molar-refractivity contribution in [1.82, 2.24) is 0 Å². The summed E-state index contributed by atoms with van der Waals surface area (Å²) >= 11 is -4.76. The second-order valence-corrected chi connectivity index (χ2v) is 8.56. The molecule has 2 rings (SSSR count). The van der Waals surface area contributed by atoms with Gasteiger partial charge in [0.15, 0.2) is 0 Å². The van der Waals surface area contributed by atoms with E-state index in [0.29, 0.717) is 11.3 Å². The number of aromatic carboxylic acids is 1. The first-order chi connectivity index (χ1) is 11.7. The summed E-state index contributed by atoms with van der Waals surface area (Å²) in [5, 5.41) is 19.3. The molecule has 4 N–H and O–H groups in total. The monoisotopic (exact) mass is 411 g/mol. The summed E-state index contributed by atoms with van der Waals surface area (Å²) in [6.07, 6.45) is 0. The predicted molar refractivity (Wildman–Crippen MR) is 90.9 cm³/mol. The van der Waals surface area contributed by atoms with Crippen molar-refractivity contribution in [2.75, 3.05) is 5.32 Å². The number of anilines is 1. The Morgan fingerprint density at radius 2 is 1.64 bits per heavy atom. The first-order valence-corrected chi connectivity index (χ1v) is 10.3. The van der Waals surface area contributed by atoms with Gasteiger partial charge in [0.2, 0.25) is 0 Å². The fourth-order valence-electron chi connectivity index (χ4n) is 1.80. The first-order valence-electron chi connectivity index (χ1n) is 7.00. The summed E-state index contributed by atoms with van der Waals surface area (Å²) in [5.74, 6) is -1.10. The van der Waals surface area contributed by atoms with Crippen LogP contribution in [0.5, 0.6) is 0 Å². The summed E-state index contributed by atoms with van der Waals surface area (Å²) in [4.78, 5) is 21.1. The maximum atomic E-state index is 11.2. The maximum Gasteiger partial charge on any atom is 0.335 e. The summed E-state index contributed by atoms with van der Waals surface area (Å²) < 4.78 is 23.8. The van der Waals surface area contributed by atoms with Crippen LogP contribution < -0.4 is 9.67 Å². The Bertz CT molecular complexity index is 789. The molecule has 0 heterocycles. The second kappa shape index (κ2) is 9.19. The van der Waals surface area contributed by atoms with Crippen LogP contribution in [0.15, 0.2) is 48.5 Å². The van der Waals surface area contributed by atoms with Crippen molar-refractivity contribution in [3.63, 3.8) is 0 Å². The second-order valence-electron chi connectivity index (χ2n) is 4.95. The molecule has 0 fully saturated rings. The van der Waals surface area contributed by atoms with E-state index in [2.05, 4.69) is 9.19 Å². The van der Waals surface area contributed by atoms with Crippen molar-refractivity contribution in [3.05, 3.63) is 59.7 Å². The number of nitrogens with one attached hydrogen (secondary N) is 1. The molecule has 0 saturated heterocycles. The van der Waals surface area contributed by atoms with Crippen LogP contribution in [0, 0.1) is 6.92 Å². The van der Waals surface area contributed by atoms with Crippen molar-refractivity contribution < 1.29 is 31.7 Å². The minimum Gasteiger partial charge on any atom is -0.478 e. The molecule has 0 aliphatic heterocycles. The molecular formula is C16H18AsNO7. The SMILES string of the molecule is CC(=O)Nc1ccc([As](=O)(O)OO)cc1.Cc1ccccc1C(=O)O. The third-order valence-corrected chi connectivity index (χ3v) is 5.46. The molecule has 2 aromatic carbocycles. The quantitative estimate of drug-likeness (QED) is 0.340. The standard InChI is InChI=1S/C8H10AsNO5.C8H8O2/c1-6(11)10-8-4-2-7(3-5-8)9(12,13)15-14;1-6-4-2-3-5-7(6)8(9)10/h2-5,14H,1H3,(H,10,11)(H,12,13);2-5H,1H3,(H,9,10). The predicted octanol–water partition coefficient (Wildman–Crippen LogP) is 1.40. The van der Waals surface area contributed by atoms with Crippen LogP contribution in [0.3, 0.4) is 0 Å². The third kappa shape index (κ3) is 6.56. The van der Waals surface area contributed by atoms with Gasteiger partial charge in [0.1, 0.15) is 0 Å². The number of benzene rings is 2. The van der Waals surface area contributed by atoms with Crippen molar-refractivity contribution in [2.45, 2.75) is 13.8 Å². The Balaban J connectivity index is 0.000000271. The van der Waals surface area contributed by atoms with Gasteiger partial charge in [-0.2, -0.15) is 0 Å². The number of carboxylic acids is 1. The zero-order valence-electron chi connectivity index (χ0n) is 13.5. The van der Waals surface area contributed by atoms with E-state index in [1.165, 1.54) is 31.2 Å². The van der Waals surface area contributed by atoms with Gasteiger partial charge < -0.3 is 5.11 Å². The number of carboxylic acid groups (broad SMARTS) is 1. The first kappa shape index (κ1) is 20.7. The Morgan fingerprint density at radius 1 is 1.08 bits per heavy atom. The van der Waals surface area contributed by atoms with Crippen LogP contribution in [-0.4, -0.2) is 40.5 Å². The molecule has 0 aromatic heterocycles. The van der Waals surface area contributed by atoms with Gasteiger partial charge in [0.05, 0.1) is 5.56 Å². The normalized spacial score (nSPS) is 12.3. The summed E-state index contributed by atoms with van der Waals surface area (Å²) in [7, 11) is 0. The average molecular weight is 411 g/mol. The van der Waals surface area contributed by atoms with Gasteiger partial charge in [-0.15, -0.1) is 0 Å². The van der Waals surface area contributed by atoms with E-state index in [1.807, 2.05) is 6.07 Å². The van der Waals surface area contributed by atoms with Crippen molar-refractivity contribution in [2.24, 2.45) is 0 Å². The molecule has 0 saturated carbocycles. The number of carbonyl (C=O) groups excluding carboxylic acids is 1. The van der Waals surface area contributed by atoms with Gasteiger partial charge in [0, 0.05) is 0 Å². The maximum absolute atomic E-state index is 11.2. The molecule has 0 spiro atoms. The van der Waals surface area contributed by atoms with Crippen LogP contribution in [0.2, 0.25) is 0 Å². The van der Waals surface area contributed by atoms with Crippen LogP contribution in [0.1, 0.15) is 22.8 Å². The molecule has 0 bridgehead atoms. The summed E-state index contributed by atoms with van der Waals surface area (Å²) in [6, 6.07) is 12.4. The van der Waals surface area contributed by atoms with E-state index in [0.717, 1.165) is 5.56 Å². The topological polar surface area (TPSA) is 133 Å². The van der Waals surface area contributed by atoms with Gasteiger partial charge in [-0.25, -0.2) is 4.79 Å². The Kier molecular flexibility index (Phi) is 7.60. The van der Waals surface area contributed by atoms with E-state index < -0.39 is 20.1 Å². The zero-order valence-corrected chi connectivity index (χ0v) is 15.4. The number of hydrogen-bond donors (Lipinski definition) is 4. The number of carbonyl (C=O) groups is 2. The van der Waals surface area contributed by atoms with Crippen LogP contribution in [-0.2, 0) is 12.4 Å². The molecule has 9 heteroatoms. The fraction of sp³-hybridized carbons (Fsp3) is 0.125. The van der Waals surface area contributed by atoms with Gasteiger partial charge in [0.25, 0.3) is 0 Å². The molecule has 0 aliphatic rings. The van der Waals surface area contributed by atoms with Gasteiger partial charge in [-0.1, -0.05) is 18.2 Å². The Labute approximate surface area is 147 Å². The Morgan fingerprint density at radius 3 is 2.04 bits per heavy atom. The molecule has 8 nitrogen and oxygen atoms in total. The minimum absolute atomic E-state index is 0.00438. The number of aryl methyl sites for hydroxylation is 1. The number of amides is 1. The smallest absolute Gasteiger partial charge is 0.335 e. The average Bonchev–Trinajstić information content (AvgIpc) is 2.55. The fourth-order valence-corrected chi connectivity index (χ4v) is 3.10. The molecule has 0 radical (unpaired) electrons. The largest absolute Gasteiger partial charge is 0.478 e. The Hall–Kier alpha value is -2.38. The molecule has 1 amide bonds. The third-order valence-electron chi connectivity index (χ3n) is 3.00.